The van der Waals surface area contributed by atoms with Crippen LogP contribution in [0.2, 0.25) is 0 Å². The lowest BCUT2D eigenvalue weighted by atomic mass is 9.74. The van der Waals surface area contributed by atoms with E-state index in [1.807, 2.05) is 30.3 Å². The van der Waals surface area contributed by atoms with Crippen LogP contribution in [0.5, 0.6) is 0 Å². The fourth-order valence-corrected chi connectivity index (χ4v) is 5.39. The lowest BCUT2D eigenvalue weighted by molar-refractivity contribution is 0.0534. The molecule has 4 nitrogen and oxygen atoms in total. The topological polar surface area (TPSA) is 46.6 Å². The second-order valence-corrected chi connectivity index (χ2v) is 8.94. The Morgan fingerprint density at radius 1 is 0.871 bits per heavy atom. The van der Waals surface area contributed by atoms with E-state index in [9.17, 15) is 9.59 Å². The molecule has 0 spiro atoms. The standard InChI is InChI=1S/C26H18BrNO3/c27-20-11-5-1-7-15(20)14-28-21-12-6-4-8-16(21)19-13-22(28)31-26-23(19)24(29)17-9-2-3-10-18(17)25(26)30/h1-12,19,22H,13-14H2. The van der Waals surface area contributed by atoms with Gasteiger partial charge < -0.3 is 9.64 Å². The van der Waals surface area contributed by atoms with Gasteiger partial charge in [-0.15, -0.1) is 0 Å². The molecule has 1 aliphatic carbocycles. The SMILES string of the molecule is O=C1C2=C(C(=O)c3ccccc31)C1CC(O2)N(Cc2ccccc2Br)c2ccccc21. The van der Waals surface area contributed by atoms with Gasteiger partial charge in [-0.3, -0.25) is 9.59 Å². The van der Waals surface area contributed by atoms with E-state index in [4.69, 9.17) is 4.74 Å². The Balaban J connectivity index is 1.49. The lowest BCUT2D eigenvalue weighted by Gasteiger charge is -2.46. The van der Waals surface area contributed by atoms with Gasteiger partial charge in [0.25, 0.3) is 0 Å². The highest BCUT2D eigenvalue weighted by Gasteiger charge is 2.47. The fraction of sp³-hybridized carbons (Fsp3) is 0.154. The second-order valence-electron chi connectivity index (χ2n) is 8.09. The molecular weight excluding hydrogens is 454 g/mol. The average Bonchev–Trinajstić information content (AvgIpc) is 2.81. The van der Waals surface area contributed by atoms with Gasteiger partial charge in [0.2, 0.25) is 5.78 Å². The van der Waals surface area contributed by atoms with Crippen LogP contribution in [-0.2, 0) is 11.3 Å². The van der Waals surface area contributed by atoms with Crippen LogP contribution in [-0.4, -0.2) is 17.8 Å². The van der Waals surface area contributed by atoms with Crippen LogP contribution in [0.15, 0.2) is 88.6 Å². The van der Waals surface area contributed by atoms with Crippen molar-refractivity contribution in [2.24, 2.45) is 0 Å². The Morgan fingerprint density at radius 3 is 2.35 bits per heavy atom. The Morgan fingerprint density at radius 2 is 1.55 bits per heavy atom. The van der Waals surface area contributed by atoms with Crippen molar-refractivity contribution in [2.45, 2.75) is 25.1 Å². The number of halogens is 1. The van der Waals surface area contributed by atoms with Gasteiger partial charge >= 0.3 is 0 Å². The van der Waals surface area contributed by atoms with Crippen molar-refractivity contribution in [3.63, 3.8) is 0 Å². The van der Waals surface area contributed by atoms with E-state index in [1.165, 1.54) is 0 Å². The predicted molar refractivity (Wildman–Crippen MR) is 121 cm³/mol. The van der Waals surface area contributed by atoms with Crippen LogP contribution < -0.4 is 4.90 Å². The number of rotatable bonds is 2. The van der Waals surface area contributed by atoms with Gasteiger partial charge in [-0.25, -0.2) is 0 Å². The Hall–Kier alpha value is -3.18. The zero-order valence-corrected chi connectivity index (χ0v) is 18.1. The average molecular weight is 472 g/mol. The summed E-state index contributed by atoms with van der Waals surface area (Å²) < 4.78 is 7.33. The van der Waals surface area contributed by atoms with Crippen LogP contribution in [0, 0.1) is 0 Å². The maximum absolute atomic E-state index is 13.4. The normalized spacial score (nSPS) is 21.3. The number of nitrogens with zero attached hydrogens (tertiary/aromatic N) is 1. The number of benzene rings is 3. The van der Waals surface area contributed by atoms with Crippen molar-refractivity contribution in [1.29, 1.82) is 0 Å². The predicted octanol–water partition coefficient (Wildman–Crippen LogP) is 5.63. The highest BCUT2D eigenvalue weighted by Crippen LogP contribution is 2.50. The van der Waals surface area contributed by atoms with E-state index < -0.39 is 0 Å². The lowest BCUT2D eigenvalue weighted by Crippen LogP contribution is -2.47. The molecule has 0 saturated carbocycles. The molecule has 152 valence electrons. The third kappa shape index (κ3) is 2.73. The number of hydrogen-bond donors (Lipinski definition) is 0. The first-order chi connectivity index (χ1) is 15.1. The Labute approximate surface area is 188 Å². The van der Waals surface area contributed by atoms with Gasteiger partial charge in [0.05, 0.1) is 5.57 Å². The molecule has 6 rings (SSSR count). The third-order valence-electron chi connectivity index (χ3n) is 6.42. The molecule has 0 aromatic heterocycles. The number of carbonyl (C=O) groups excluding carboxylic acids is 2. The van der Waals surface area contributed by atoms with E-state index in [-0.39, 0.29) is 29.5 Å². The first-order valence-corrected chi connectivity index (χ1v) is 11.1. The van der Waals surface area contributed by atoms with Crippen LogP contribution >= 0.6 is 15.9 Å². The van der Waals surface area contributed by atoms with Gasteiger partial charge in [0, 0.05) is 40.2 Å². The van der Waals surface area contributed by atoms with Gasteiger partial charge in [0.15, 0.2) is 17.8 Å². The number of ketones is 2. The van der Waals surface area contributed by atoms with Gasteiger partial charge in [-0.2, -0.15) is 0 Å². The number of para-hydroxylation sites is 1. The number of ether oxygens (including phenoxy) is 1. The largest absolute Gasteiger partial charge is 0.466 e. The van der Waals surface area contributed by atoms with E-state index in [0.29, 0.717) is 29.7 Å². The summed E-state index contributed by atoms with van der Waals surface area (Å²) in [6, 6.07) is 23.3. The maximum Gasteiger partial charge on any atom is 0.228 e. The van der Waals surface area contributed by atoms with Gasteiger partial charge in [0.1, 0.15) is 0 Å². The number of Topliss-reactive ketones (excluding diaryl/α,β-unsaturated/α-hetero) is 2. The summed E-state index contributed by atoms with van der Waals surface area (Å²) in [5, 5.41) is 0. The number of allylic oxidation sites excluding steroid dienone is 2. The first kappa shape index (κ1) is 18.6. The number of carbonyl (C=O) groups is 2. The molecule has 31 heavy (non-hydrogen) atoms. The van der Waals surface area contributed by atoms with Crippen molar-refractivity contribution in [1.82, 2.24) is 0 Å². The van der Waals surface area contributed by atoms with E-state index in [1.54, 1.807) is 24.3 Å². The summed E-state index contributed by atoms with van der Waals surface area (Å²) in [6.07, 6.45) is 0.328. The quantitative estimate of drug-likeness (QED) is 0.485. The summed E-state index contributed by atoms with van der Waals surface area (Å²) in [7, 11) is 0. The number of hydrogen-bond acceptors (Lipinski definition) is 4. The van der Waals surface area contributed by atoms with Gasteiger partial charge in [-0.05, 0) is 23.3 Å². The van der Waals surface area contributed by atoms with Crippen LogP contribution in [0.25, 0.3) is 0 Å². The van der Waals surface area contributed by atoms with E-state index in [2.05, 4.69) is 39.0 Å². The molecule has 2 aliphatic heterocycles. The molecule has 2 unspecified atom stereocenters. The van der Waals surface area contributed by atoms with E-state index in [0.717, 1.165) is 21.3 Å². The molecule has 3 aliphatic rings. The third-order valence-corrected chi connectivity index (χ3v) is 7.19. The summed E-state index contributed by atoms with van der Waals surface area (Å²) in [4.78, 5) is 28.9. The van der Waals surface area contributed by atoms with Crippen molar-refractivity contribution >= 4 is 33.2 Å². The van der Waals surface area contributed by atoms with Crippen LogP contribution in [0.1, 0.15) is 44.2 Å². The van der Waals surface area contributed by atoms with Crippen molar-refractivity contribution < 1.29 is 14.3 Å². The van der Waals surface area contributed by atoms with Gasteiger partial charge in [-0.1, -0.05) is 76.6 Å². The molecule has 2 atom stereocenters. The monoisotopic (exact) mass is 471 g/mol. The van der Waals surface area contributed by atoms with E-state index >= 15 is 0 Å². The first-order valence-electron chi connectivity index (χ1n) is 10.3. The van der Waals surface area contributed by atoms with Crippen molar-refractivity contribution in [2.75, 3.05) is 4.90 Å². The highest BCUT2D eigenvalue weighted by atomic mass is 79.9. The molecule has 0 radical (unpaired) electrons. The molecule has 2 bridgehead atoms. The van der Waals surface area contributed by atoms with Crippen LogP contribution in [0.4, 0.5) is 5.69 Å². The zero-order valence-electron chi connectivity index (χ0n) is 16.5. The Bertz CT molecular complexity index is 1300. The smallest absolute Gasteiger partial charge is 0.228 e. The molecule has 3 aromatic carbocycles. The number of fused-ring (bicyclic) bond motifs is 6. The fourth-order valence-electron chi connectivity index (χ4n) is 4.98. The minimum atomic E-state index is -0.312. The molecule has 3 aromatic rings. The molecule has 2 heterocycles. The Kier molecular flexibility index (Phi) is 4.15. The second kappa shape index (κ2) is 6.92. The number of anilines is 1. The van der Waals surface area contributed by atoms with Crippen molar-refractivity contribution in [3.05, 3.63) is 111 Å². The molecular formula is C26H18BrNO3. The summed E-state index contributed by atoms with van der Waals surface area (Å²) in [6.45, 7) is 0.636. The summed E-state index contributed by atoms with van der Waals surface area (Å²) in [5.74, 6) is -0.218. The molecule has 0 N–H and O–H groups in total. The minimum absolute atomic E-state index is 0.0947. The molecule has 0 fully saturated rings. The summed E-state index contributed by atoms with van der Waals surface area (Å²) >= 11 is 3.65. The van der Waals surface area contributed by atoms with Crippen molar-refractivity contribution in [3.8, 4) is 0 Å². The zero-order chi connectivity index (χ0) is 21.1. The molecule has 5 heteroatoms. The molecule has 0 saturated heterocycles. The maximum atomic E-state index is 13.4. The highest BCUT2D eigenvalue weighted by molar-refractivity contribution is 9.10. The van der Waals surface area contributed by atoms with Crippen LogP contribution in [0.3, 0.4) is 0 Å². The molecule has 0 amide bonds. The summed E-state index contributed by atoms with van der Waals surface area (Å²) in [5.41, 5.74) is 4.66. The minimum Gasteiger partial charge on any atom is -0.466 e.